The van der Waals surface area contributed by atoms with Gasteiger partial charge in [-0.2, -0.15) is 0 Å². The standard InChI is InChI=1S/C48H29NS3/c1-6-18-45-36(11-1)39-14-8-15-42(48(39)52-45)49(34-23-19-30(20-24-34)32-21-25-46-40(28-32)37-12-2-4-16-43(37)50-46)35-10-7-9-31(27-35)33-22-26-47-41(29-33)38-13-3-5-17-44(38)51-47/h1-29H. The van der Waals surface area contributed by atoms with Crippen molar-refractivity contribution in [3.05, 3.63) is 176 Å². The Labute approximate surface area is 312 Å². The predicted octanol–water partition coefficient (Wildman–Crippen LogP) is 15.6. The average Bonchev–Trinajstić information content (AvgIpc) is 3.89. The molecule has 0 bridgehead atoms. The molecular formula is C48H29NS3. The third-order valence-corrected chi connectivity index (χ3v) is 13.8. The molecule has 1 nitrogen and oxygen atoms in total. The first-order chi connectivity index (χ1) is 25.7. The molecule has 0 atom stereocenters. The van der Waals surface area contributed by atoms with Gasteiger partial charge in [0, 0.05) is 67.2 Å². The summed E-state index contributed by atoms with van der Waals surface area (Å²) in [6.07, 6.45) is 0. The third-order valence-electron chi connectivity index (χ3n) is 10.3. The molecule has 3 aromatic heterocycles. The van der Waals surface area contributed by atoms with Crippen LogP contribution in [0.1, 0.15) is 0 Å². The van der Waals surface area contributed by atoms with E-state index in [1.54, 1.807) is 0 Å². The molecule has 0 radical (unpaired) electrons. The van der Waals surface area contributed by atoms with E-state index < -0.39 is 0 Å². The summed E-state index contributed by atoms with van der Waals surface area (Å²) in [6.45, 7) is 0. The number of thiophene rings is 3. The highest BCUT2D eigenvalue weighted by Crippen LogP contribution is 2.46. The zero-order valence-electron chi connectivity index (χ0n) is 27.9. The van der Waals surface area contributed by atoms with Crippen molar-refractivity contribution in [2.75, 3.05) is 4.90 Å². The quantitative estimate of drug-likeness (QED) is 0.171. The van der Waals surface area contributed by atoms with Crippen LogP contribution in [0.4, 0.5) is 17.1 Å². The fourth-order valence-electron chi connectivity index (χ4n) is 7.77. The lowest BCUT2D eigenvalue weighted by Gasteiger charge is -2.27. The number of anilines is 3. The van der Waals surface area contributed by atoms with Crippen LogP contribution >= 0.6 is 34.0 Å². The maximum absolute atomic E-state index is 2.44. The minimum absolute atomic E-state index is 1.13. The van der Waals surface area contributed by atoms with E-state index in [1.165, 1.54) is 88.5 Å². The molecule has 3 heterocycles. The van der Waals surface area contributed by atoms with E-state index in [0.717, 1.165) is 11.4 Å². The molecule has 52 heavy (non-hydrogen) atoms. The largest absolute Gasteiger partial charge is 0.309 e. The van der Waals surface area contributed by atoms with E-state index in [-0.39, 0.29) is 0 Å². The molecule has 11 aromatic rings. The van der Waals surface area contributed by atoms with Gasteiger partial charge in [-0.15, -0.1) is 34.0 Å². The molecule has 0 unspecified atom stereocenters. The van der Waals surface area contributed by atoms with Crippen molar-refractivity contribution >= 4 is 112 Å². The van der Waals surface area contributed by atoms with Gasteiger partial charge in [-0.05, 0) is 95.1 Å². The molecule has 11 rings (SSSR count). The number of hydrogen-bond donors (Lipinski definition) is 0. The van der Waals surface area contributed by atoms with Crippen LogP contribution in [0.2, 0.25) is 0 Å². The van der Waals surface area contributed by atoms with Crippen LogP contribution in [0.5, 0.6) is 0 Å². The minimum atomic E-state index is 1.13. The van der Waals surface area contributed by atoms with Crippen molar-refractivity contribution in [1.82, 2.24) is 0 Å². The second-order valence-electron chi connectivity index (χ2n) is 13.3. The first kappa shape index (κ1) is 29.9. The van der Waals surface area contributed by atoms with Gasteiger partial charge in [-0.25, -0.2) is 0 Å². The zero-order valence-corrected chi connectivity index (χ0v) is 30.4. The Kier molecular flexibility index (Phi) is 6.84. The Morgan fingerprint density at radius 1 is 0.288 bits per heavy atom. The minimum Gasteiger partial charge on any atom is -0.309 e. The fourth-order valence-corrected chi connectivity index (χ4v) is 11.2. The molecule has 0 saturated carbocycles. The number of fused-ring (bicyclic) bond motifs is 9. The van der Waals surface area contributed by atoms with Crippen LogP contribution < -0.4 is 4.90 Å². The van der Waals surface area contributed by atoms with Crippen molar-refractivity contribution in [1.29, 1.82) is 0 Å². The molecule has 0 saturated heterocycles. The van der Waals surface area contributed by atoms with Gasteiger partial charge in [0.25, 0.3) is 0 Å². The second-order valence-corrected chi connectivity index (χ2v) is 16.5. The van der Waals surface area contributed by atoms with Gasteiger partial charge in [0.1, 0.15) is 0 Å². The van der Waals surface area contributed by atoms with E-state index >= 15 is 0 Å². The van der Waals surface area contributed by atoms with Gasteiger partial charge in [0.2, 0.25) is 0 Å². The maximum atomic E-state index is 2.44. The highest BCUT2D eigenvalue weighted by Gasteiger charge is 2.19. The molecular weight excluding hydrogens is 687 g/mol. The van der Waals surface area contributed by atoms with Gasteiger partial charge < -0.3 is 4.90 Å². The van der Waals surface area contributed by atoms with Gasteiger partial charge in [0.15, 0.2) is 0 Å². The highest BCUT2D eigenvalue weighted by molar-refractivity contribution is 7.27. The van der Waals surface area contributed by atoms with Crippen LogP contribution in [0.15, 0.2) is 176 Å². The Bertz CT molecular complexity index is 3140. The Morgan fingerprint density at radius 3 is 1.42 bits per heavy atom. The van der Waals surface area contributed by atoms with Crippen molar-refractivity contribution in [3.8, 4) is 22.3 Å². The smallest absolute Gasteiger partial charge is 0.0640 e. The van der Waals surface area contributed by atoms with E-state index in [0.29, 0.717) is 0 Å². The first-order valence-electron chi connectivity index (χ1n) is 17.5. The lowest BCUT2D eigenvalue weighted by Crippen LogP contribution is -2.10. The lowest BCUT2D eigenvalue weighted by atomic mass is 10.0. The number of hydrogen-bond acceptors (Lipinski definition) is 4. The van der Waals surface area contributed by atoms with E-state index in [9.17, 15) is 0 Å². The van der Waals surface area contributed by atoms with E-state index in [1.807, 2.05) is 34.0 Å². The molecule has 4 heteroatoms. The van der Waals surface area contributed by atoms with Crippen molar-refractivity contribution in [3.63, 3.8) is 0 Å². The molecule has 0 aliphatic rings. The topological polar surface area (TPSA) is 3.24 Å². The molecule has 0 spiro atoms. The van der Waals surface area contributed by atoms with E-state index in [2.05, 4.69) is 181 Å². The van der Waals surface area contributed by atoms with Crippen LogP contribution in [0, 0.1) is 0 Å². The monoisotopic (exact) mass is 715 g/mol. The van der Waals surface area contributed by atoms with Gasteiger partial charge in [-0.3, -0.25) is 0 Å². The summed E-state index contributed by atoms with van der Waals surface area (Å²) in [7, 11) is 0. The van der Waals surface area contributed by atoms with Crippen LogP contribution in [-0.4, -0.2) is 0 Å². The molecule has 0 fully saturated rings. The molecule has 0 aliphatic carbocycles. The summed E-state index contributed by atoms with van der Waals surface area (Å²) in [5.41, 5.74) is 8.34. The van der Waals surface area contributed by atoms with Gasteiger partial charge in [0.05, 0.1) is 10.4 Å². The maximum Gasteiger partial charge on any atom is 0.0640 e. The third kappa shape index (κ3) is 4.80. The highest BCUT2D eigenvalue weighted by atomic mass is 32.1. The molecule has 8 aromatic carbocycles. The summed E-state index contributed by atoms with van der Waals surface area (Å²) in [4.78, 5) is 2.44. The van der Waals surface area contributed by atoms with Crippen LogP contribution in [0.3, 0.4) is 0 Å². The Morgan fingerprint density at radius 2 is 0.769 bits per heavy atom. The Balaban J connectivity index is 1.06. The second kappa shape index (κ2) is 11.9. The Hall–Kier alpha value is -5.78. The van der Waals surface area contributed by atoms with Crippen LogP contribution in [-0.2, 0) is 0 Å². The molecule has 0 amide bonds. The van der Waals surface area contributed by atoms with Crippen molar-refractivity contribution in [2.24, 2.45) is 0 Å². The predicted molar refractivity (Wildman–Crippen MR) is 231 cm³/mol. The summed E-state index contributed by atoms with van der Waals surface area (Å²) in [5, 5.41) is 7.90. The summed E-state index contributed by atoms with van der Waals surface area (Å²) in [6, 6.07) is 65.0. The van der Waals surface area contributed by atoms with Crippen LogP contribution in [0.25, 0.3) is 82.8 Å². The SMILES string of the molecule is c1cc(-c2ccc3sc4ccccc4c3c2)cc(N(c2ccc(-c3ccc4sc5ccccc5c4c3)cc2)c2cccc3c2sc2ccccc23)c1. The first-order valence-corrected chi connectivity index (χ1v) is 19.9. The molecule has 0 aliphatic heterocycles. The summed E-state index contributed by atoms with van der Waals surface area (Å²) in [5.74, 6) is 0. The van der Waals surface area contributed by atoms with Gasteiger partial charge >= 0.3 is 0 Å². The summed E-state index contributed by atoms with van der Waals surface area (Å²) >= 11 is 5.60. The molecule has 244 valence electrons. The number of rotatable bonds is 5. The number of nitrogens with zero attached hydrogens (tertiary/aromatic N) is 1. The van der Waals surface area contributed by atoms with Crippen molar-refractivity contribution in [2.45, 2.75) is 0 Å². The summed E-state index contributed by atoms with van der Waals surface area (Å²) < 4.78 is 7.92. The normalized spacial score (nSPS) is 11.8. The average molecular weight is 716 g/mol. The number of benzene rings is 8. The zero-order chi connectivity index (χ0) is 34.2. The molecule has 0 N–H and O–H groups in total. The van der Waals surface area contributed by atoms with E-state index in [4.69, 9.17) is 0 Å². The van der Waals surface area contributed by atoms with Crippen molar-refractivity contribution < 1.29 is 0 Å². The van der Waals surface area contributed by atoms with Gasteiger partial charge in [-0.1, -0.05) is 103 Å². The lowest BCUT2D eigenvalue weighted by molar-refractivity contribution is 1.30. The fraction of sp³-hybridized carbons (Fsp3) is 0.